The summed E-state index contributed by atoms with van der Waals surface area (Å²) in [5, 5.41) is 7.24. The minimum absolute atomic E-state index is 0.177. The number of carbonyl (C=O) groups is 1. The van der Waals surface area contributed by atoms with Crippen LogP contribution < -0.4 is 10.1 Å². The summed E-state index contributed by atoms with van der Waals surface area (Å²) in [7, 11) is 0. The van der Waals surface area contributed by atoms with Crippen molar-refractivity contribution >= 4 is 21.8 Å². The summed E-state index contributed by atoms with van der Waals surface area (Å²) in [4.78, 5) is 16.6. The van der Waals surface area contributed by atoms with Gasteiger partial charge < -0.3 is 14.6 Å². The minimum Gasteiger partial charge on any atom is -0.477 e. The van der Waals surface area contributed by atoms with Crippen molar-refractivity contribution in [3.63, 3.8) is 0 Å². The molecule has 2 aromatic rings. The Morgan fingerprint density at radius 3 is 3.17 bits per heavy atom. The van der Waals surface area contributed by atoms with Gasteiger partial charge in [0.1, 0.15) is 10.3 Å². The van der Waals surface area contributed by atoms with Gasteiger partial charge in [-0.05, 0) is 22.4 Å². The SMILES string of the molecule is CCc1nccn1CCCNC(=O)c1nn2c(c1Br)OCCC2. The van der Waals surface area contributed by atoms with E-state index >= 15 is 0 Å². The number of fused-ring (bicyclic) bond motifs is 1. The highest BCUT2D eigenvalue weighted by atomic mass is 79.9. The number of nitrogens with zero attached hydrogens (tertiary/aromatic N) is 4. The summed E-state index contributed by atoms with van der Waals surface area (Å²) in [6, 6.07) is 0. The maximum Gasteiger partial charge on any atom is 0.273 e. The average molecular weight is 382 g/mol. The van der Waals surface area contributed by atoms with E-state index in [0.717, 1.165) is 38.2 Å². The van der Waals surface area contributed by atoms with Gasteiger partial charge in [-0.3, -0.25) is 4.79 Å². The number of amides is 1. The van der Waals surface area contributed by atoms with Crippen LogP contribution in [0.15, 0.2) is 16.9 Å². The number of aryl methyl sites for hydroxylation is 3. The van der Waals surface area contributed by atoms with Crippen LogP contribution >= 0.6 is 15.9 Å². The highest BCUT2D eigenvalue weighted by Gasteiger charge is 2.24. The molecule has 0 unspecified atom stereocenters. The van der Waals surface area contributed by atoms with Crippen molar-refractivity contribution in [2.75, 3.05) is 13.2 Å². The second-order valence-electron chi connectivity index (χ2n) is 5.39. The monoisotopic (exact) mass is 381 g/mol. The summed E-state index contributed by atoms with van der Waals surface area (Å²) in [6.07, 6.45) is 6.44. The van der Waals surface area contributed by atoms with Crippen molar-refractivity contribution < 1.29 is 9.53 Å². The zero-order valence-corrected chi connectivity index (χ0v) is 14.7. The Morgan fingerprint density at radius 2 is 2.39 bits per heavy atom. The zero-order valence-electron chi connectivity index (χ0n) is 13.1. The summed E-state index contributed by atoms with van der Waals surface area (Å²) in [5.41, 5.74) is 0.388. The molecule has 3 rings (SSSR count). The standard InChI is InChI=1S/C15H20BrN5O2/c1-2-11-17-6-9-20(11)7-3-5-18-14(22)13-12(16)15-21(19-13)8-4-10-23-15/h6,9H,2-5,7-8,10H2,1H3,(H,18,22). The summed E-state index contributed by atoms with van der Waals surface area (Å²) < 4.78 is 10.0. The van der Waals surface area contributed by atoms with Gasteiger partial charge in [-0.25, -0.2) is 9.67 Å². The maximum atomic E-state index is 12.3. The largest absolute Gasteiger partial charge is 0.477 e. The quantitative estimate of drug-likeness (QED) is 0.776. The predicted octanol–water partition coefficient (Wildman–Crippen LogP) is 2.01. The molecule has 0 fully saturated rings. The molecule has 1 N–H and O–H groups in total. The molecule has 23 heavy (non-hydrogen) atoms. The first-order valence-corrected chi connectivity index (χ1v) is 8.67. The number of nitrogens with one attached hydrogen (secondary N) is 1. The first-order valence-electron chi connectivity index (χ1n) is 7.88. The second-order valence-corrected chi connectivity index (χ2v) is 6.19. The van der Waals surface area contributed by atoms with E-state index < -0.39 is 0 Å². The minimum atomic E-state index is -0.177. The van der Waals surface area contributed by atoms with E-state index in [-0.39, 0.29) is 5.91 Å². The van der Waals surface area contributed by atoms with Gasteiger partial charge in [-0.15, -0.1) is 0 Å². The van der Waals surface area contributed by atoms with E-state index in [1.165, 1.54) is 0 Å². The molecule has 8 heteroatoms. The Hall–Kier alpha value is -1.83. The molecule has 0 saturated carbocycles. The van der Waals surface area contributed by atoms with Crippen molar-refractivity contribution in [1.29, 1.82) is 0 Å². The smallest absolute Gasteiger partial charge is 0.273 e. The van der Waals surface area contributed by atoms with E-state index in [0.29, 0.717) is 29.2 Å². The number of carbonyl (C=O) groups excluding carboxylic acids is 1. The maximum absolute atomic E-state index is 12.3. The molecule has 0 bridgehead atoms. The van der Waals surface area contributed by atoms with Crippen molar-refractivity contribution in [3.8, 4) is 5.88 Å². The molecule has 0 aromatic carbocycles. The number of ether oxygens (including phenoxy) is 1. The topological polar surface area (TPSA) is 74.0 Å². The van der Waals surface area contributed by atoms with Crippen LogP contribution in [-0.4, -0.2) is 38.4 Å². The molecule has 0 atom stereocenters. The number of imidazole rings is 1. The zero-order chi connectivity index (χ0) is 16.2. The summed E-state index contributed by atoms with van der Waals surface area (Å²) in [5.74, 6) is 1.54. The molecule has 1 aliphatic rings. The lowest BCUT2D eigenvalue weighted by Crippen LogP contribution is -2.26. The van der Waals surface area contributed by atoms with Crippen LogP contribution in [0.3, 0.4) is 0 Å². The number of halogens is 1. The molecule has 124 valence electrons. The third-order valence-corrected chi connectivity index (χ3v) is 4.51. The van der Waals surface area contributed by atoms with E-state index in [2.05, 4.69) is 42.8 Å². The van der Waals surface area contributed by atoms with Gasteiger partial charge in [0.25, 0.3) is 5.91 Å². The lowest BCUT2D eigenvalue weighted by atomic mass is 10.3. The lowest BCUT2D eigenvalue weighted by Gasteiger charge is -2.14. The number of hydrogen-bond donors (Lipinski definition) is 1. The number of rotatable bonds is 6. The highest BCUT2D eigenvalue weighted by Crippen LogP contribution is 2.31. The van der Waals surface area contributed by atoms with Gasteiger partial charge in [-0.2, -0.15) is 5.10 Å². The van der Waals surface area contributed by atoms with Gasteiger partial charge in [0.15, 0.2) is 5.69 Å². The van der Waals surface area contributed by atoms with Crippen molar-refractivity contribution in [2.24, 2.45) is 0 Å². The molecule has 7 nitrogen and oxygen atoms in total. The molecule has 3 heterocycles. The fourth-order valence-corrected chi connectivity index (χ4v) is 3.21. The van der Waals surface area contributed by atoms with Gasteiger partial charge in [-0.1, -0.05) is 6.92 Å². The molecule has 0 radical (unpaired) electrons. The normalized spacial score (nSPS) is 13.5. The molecule has 1 aliphatic heterocycles. The number of hydrogen-bond acceptors (Lipinski definition) is 4. The van der Waals surface area contributed by atoms with Crippen molar-refractivity contribution in [2.45, 2.75) is 39.3 Å². The van der Waals surface area contributed by atoms with E-state index in [1.54, 1.807) is 4.68 Å². The van der Waals surface area contributed by atoms with Gasteiger partial charge >= 0.3 is 0 Å². The van der Waals surface area contributed by atoms with E-state index in [4.69, 9.17) is 4.74 Å². The van der Waals surface area contributed by atoms with Crippen LogP contribution in [0.2, 0.25) is 0 Å². The Balaban J connectivity index is 1.53. The molecular formula is C15H20BrN5O2. The van der Waals surface area contributed by atoms with Gasteiger partial charge in [0, 0.05) is 44.9 Å². The van der Waals surface area contributed by atoms with Crippen LogP contribution in [0.4, 0.5) is 0 Å². The van der Waals surface area contributed by atoms with Gasteiger partial charge in [0.05, 0.1) is 6.61 Å². The predicted molar refractivity (Wildman–Crippen MR) is 88.6 cm³/mol. The lowest BCUT2D eigenvalue weighted by molar-refractivity contribution is 0.0946. The molecule has 2 aromatic heterocycles. The average Bonchev–Trinajstić information content (AvgIpc) is 3.16. The van der Waals surface area contributed by atoms with Crippen molar-refractivity contribution in [1.82, 2.24) is 24.6 Å². The molecule has 0 aliphatic carbocycles. The third-order valence-electron chi connectivity index (χ3n) is 3.80. The second kappa shape index (κ2) is 7.16. The molecule has 0 saturated heterocycles. The van der Waals surface area contributed by atoms with Crippen LogP contribution in [0, 0.1) is 0 Å². The first kappa shape index (κ1) is 16.0. The third kappa shape index (κ3) is 3.41. The Bertz CT molecular complexity index is 694. The molecular weight excluding hydrogens is 362 g/mol. The number of aromatic nitrogens is 4. The van der Waals surface area contributed by atoms with Crippen LogP contribution in [0.25, 0.3) is 0 Å². The molecule has 1 amide bonds. The Kier molecular flexibility index (Phi) is 5.00. The van der Waals surface area contributed by atoms with Crippen LogP contribution in [-0.2, 0) is 19.5 Å². The summed E-state index contributed by atoms with van der Waals surface area (Å²) in [6.45, 7) is 4.96. The summed E-state index contributed by atoms with van der Waals surface area (Å²) >= 11 is 3.42. The fraction of sp³-hybridized carbons (Fsp3) is 0.533. The van der Waals surface area contributed by atoms with Gasteiger partial charge in [0.2, 0.25) is 5.88 Å². The van der Waals surface area contributed by atoms with Crippen LogP contribution in [0.5, 0.6) is 5.88 Å². The Morgan fingerprint density at radius 1 is 1.52 bits per heavy atom. The first-order chi connectivity index (χ1) is 11.2. The molecule has 0 spiro atoms. The Labute approximate surface area is 143 Å². The van der Waals surface area contributed by atoms with Crippen LogP contribution in [0.1, 0.15) is 36.1 Å². The van der Waals surface area contributed by atoms with Crippen molar-refractivity contribution in [3.05, 3.63) is 28.4 Å². The van der Waals surface area contributed by atoms with E-state index in [9.17, 15) is 4.79 Å². The highest BCUT2D eigenvalue weighted by molar-refractivity contribution is 9.10. The fourth-order valence-electron chi connectivity index (χ4n) is 2.64. The van der Waals surface area contributed by atoms with E-state index in [1.807, 2.05) is 12.4 Å².